The van der Waals surface area contributed by atoms with Gasteiger partial charge < -0.3 is 0 Å². The van der Waals surface area contributed by atoms with Gasteiger partial charge in [0, 0.05) is 0 Å². The number of hydrogen-bond donors (Lipinski definition) is 2. The molecule has 2 N–H and O–H groups in total. The zero-order chi connectivity index (χ0) is 18.6. The second-order valence-electron chi connectivity index (χ2n) is 4.47. The molecule has 3 nitrogen and oxygen atoms in total. The quantitative estimate of drug-likeness (QED) is 0.311. The molecule has 1 rings (SSSR count). The normalized spacial score (nSPS) is 9.71. The zero-order valence-corrected chi connectivity index (χ0v) is 16.1. The number of carbonyl (C=O) groups is 1. The van der Waals surface area contributed by atoms with Gasteiger partial charge in [-0.2, -0.15) is 11.8 Å². The van der Waals surface area contributed by atoms with E-state index in [1.165, 1.54) is 22.9 Å². The fourth-order valence-electron chi connectivity index (χ4n) is 1.40. The number of nitrogens with one attached hydrogen (secondary N) is 1. The average Bonchev–Trinajstić information content (AvgIpc) is 2.63. The molecule has 0 unspecified atom stereocenters. The molecular formula is C20H31NO2S. The van der Waals surface area contributed by atoms with E-state index in [-0.39, 0.29) is 5.91 Å². The van der Waals surface area contributed by atoms with Crippen molar-refractivity contribution in [1.29, 1.82) is 0 Å². The van der Waals surface area contributed by atoms with Gasteiger partial charge in [-0.15, -0.1) is 0 Å². The number of rotatable bonds is 7. The van der Waals surface area contributed by atoms with Crippen molar-refractivity contribution in [2.75, 3.05) is 11.5 Å². The summed E-state index contributed by atoms with van der Waals surface area (Å²) in [6, 6.07) is 8.37. The molecule has 0 radical (unpaired) electrons. The highest BCUT2D eigenvalue weighted by atomic mass is 32.2. The monoisotopic (exact) mass is 349 g/mol. The molecule has 0 saturated carbocycles. The molecule has 0 spiro atoms. The van der Waals surface area contributed by atoms with Crippen LogP contribution < -0.4 is 5.48 Å². The average molecular weight is 350 g/mol. The summed E-state index contributed by atoms with van der Waals surface area (Å²) < 4.78 is 0. The van der Waals surface area contributed by atoms with Gasteiger partial charge in [0.25, 0.3) is 5.91 Å². The fraction of sp³-hybridized carbons (Fsp3) is 0.350. The number of hydrogen-bond acceptors (Lipinski definition) is 3. The van der Waals surface area contributed by atoms with Gasteiger partial charge in [-0.1, -0.05) is 80.6 Å². The van der Waals surface area contributed by atoms with E-state index >= 15 is 0 Å². The molecule has 134 valence electrons. The predicted molar refractivity (Wildman–Crippen MR) is 108 cm³/mol. The minimum atomic E-state index is -0.344. The van der Waals surface area contributed by atoms with Crippen molar-refractivity contribution in [3.63, 3.8) is 0 Å². The van der Waals surface area contributed by atoms with Crippen LogP contribution in [-0.4, -0.2) is 22.6 Å². The highest BCUT2D eigenvalue weighted by Gasteiger charge is 1.99. The topological polar surface area (TPSA) is 49.3 Å². The van der Waals surface area contributed by atoms with Gasteiger partial charge in [-0.25, -0.2) is 5.48 Å². The molecule has 0 aliphatic heterocycles. The summed E-state index contributed by atoms with van der Waals surface area (Å²) in [4.78, 5) is 10.7. The largest absolute Gasteiger partial charge is 0.289 e. The van der Waals surface area contributed by atoms with Crippen molar-refractivity contribution in [3.8, 4) is 0 Å². The Bertz CT molecular complexity index is 479. The lowest BCUT2D eigenvalue weighted by Gasteiger charge is -2.01. The van der Waals surface area contributed by atoms with E-state index in [4.69, 9.17) is 5.21 Å². The highest BCUT2D eigenvalue weighted by Crippen LogP contribution is 2.08. The van der Waals surface area contributed by atoms with E-state index in [2.05, 4.69) is 37.8 Å². The van der Waals surface area contributed by atoms with Gasteiger partial charge >= 0.3 is 0 Å². The summed E-state index contributed by atoms with van der Waals surface area (Å²) >= 11 is 1.51. The summed E-state index contributed by atoms with van der Waals surface area (Å²) in [6.45, 7) is 11.6. The van der Waals surface area contributed by atoms with Crippen LogP contribution in [0.4, 0.5) is 0 Å². The third-order valence-electron chi connectivity index (χ3n) is 2.56. The molecule has 0 saturated heterocycles. The van der Waals surface area contributed by atoms with E-state index in [1.54, 1.807) is 11.6 Å². The molecule has 0 atom stereocenters. The van der Waals surface area contributed by atoms with E-state index in [0.29, 0.717) is 5.75 Å². The van der Waals surface area contributed by atoms with Crippen molar-refractivity contribution in [2.24, 2.45) is 0 Å². The maximum Gasteiger partial charge on any atom is 0.253 e. The van der Waals surface area contributed by atoms with Gasteiger partial charge in [0.1, 0.15) is 0 Å². The molecule has 1 amide bonds. The van der Waals surface area contributed by atoms with Crippen molar-refractivity contribution < 1.29 is 10.0 Å². The summed E-state index contributed by atoms with van der Waals surface area (Å²) in [6.07, 6.45) is 10.5. The van der Waals surface area contributed by atoms with Crippen molar-refractivity contribution in [2.45, 2.75) is 34.1 Å². The molecule has 0 aliphatic rings. The van der Waals surface area contributed by atoms with E-state index in [9.17, 15) is 4.79 Å². The molecule has 0 fully saturated rings. The van der Waals surface area contributed by atoms with Crippen LogP contribution >= 0.6 is 11.8 Å². The summed E-state index contributed by atoms with van der Waals surface area (Å²) in [7, 11) is 0. The first kappa shape index (κ1) is 24.5. The smallest absolute Gasteiger partial charge is 0.253 e. The molecule has 4 heteroatoms. The predicted octanol–water partition coefficient (Wildman–Crippen LogP) is 5.11. The molecule has 1 aromatic carbocycles. The number of benzene rings is 1. The van der Waals surface area contributed by atoms with E-state index in [0.717, 1.165) is 12.2 Å². The van der Waals surface area contributed by atoms with Crippen LogP contribution in [0.25, 0.3) is 0 Å². The minimum Gasteiger partial charge on any atom is -0.289 e. The molecule has 0 bridgehead atoms. The highest BCUT2D eigenvalue weighted by molar-refractivity contribution is 7.99. The van der Waals surface area contributed by atoms with Gasteiger partial charge in [-0.3, -0.25) is 10.0 Å². The standard InChI is InChI=1S/C11H15NO2S.C7H10.C2H6/c1-9-2-4-10(5-3-9)6-7-15-8-11(13)12-14;1-3-5-7-6-4-2;1-2/h2-5,14H,6-8H2,1H3,(H,12,13);3-7H,1H2,2H3;1-2H3/b;6-4-,7-5-;. The number of carbonyl (C=O) groups excluding carboxylic acids is 1. The molecule has 0 aliphatic carbocycles. The molecule has 0 aromatic heterocycles. The maximum atomic E-state index is 10.7. The van der Waals surface area contributed by atoms with Crippen LogP contribution in [0.5, 0.6) is 0 Å². The number of hydroxylamine groups is 1. The van der Waals surface area contributed by atoms with Crippen LogP contribution in [0.2, 0.25) is 0 Å². The Morgan fingerprint density at radius 1 is 1.21 bits per heavy atom. The minimum absolute atomic E-state index is 0.308. The van der Waals surface area contributed by atoms with Gasteiger partial charge in [0.05, 0.1) is 5.75 Å². The SMILES string of the molecule is C=C/C=C\C=C/C.CC.Cc1ccc(CCSCC(=O)NO)cc1. The third kappa shape index (κ3) is 16.6. The van der Waals surface area contributed by atoms with Crippen LogP contribution in [0.15, 0.2) is 61.2 Å². The molecular weight excluding hydrogens is 318 g/mol. The lowest BCUT2D eigenvalue weighted by Crippen LogP contribution is -2.20. The Hall–Kier alpha value is -1.78. The summed E-state index contributed by atoms with van der Waals surface area (Å²) in [5.74, 6) is 0.850. The Morgan fingerprint density at radius 3 is 2.33 bits per heavy atom. The van der Waals surface area contributed by atoms with Crippen LogP contribution in [0, 0.1) is 6.92 Å². The number of aryl methyl sites for hydroxylation is 2. The first-order chi connectivity index (χ1) is 11.6. The summed E-state index contributed by atoms with van der Waals surface area (Å²) in [5.41, 5.74) is 4.14. The van der Waals surface area contributed by atoms with E-state index in [1.807, 2.05) is 45.1 Å². The number of thioether (sulfide) groups is 1. The van der Waals surface area contributed by atoms with Crippen molar-refractivity contribution in [3.05, 3.63) is 72.4 Å². The second kappa shape index (κ2) is 19.3. The molecule has 0 heterocycles. The second-order valence-corrected chi connectivity index (χ2v) is 5.57. The van der Waals surface area contributed by atoms with Gasteiger partial charge in [0.15, 0.2) is 0 Å². The lowest BCUT2D eigenvalue weighted by atomic mass is 10.1. The Labute approximate surface area is 151 Å². The Balaban J connectivity index is 0. The van der Waals surface area contributed by atoms with Crippen LogP contribution in [0.1, 0.15) is 31.9 Å². The van der Waals surface area contributed by atoms with Crippen LogP contribution in [-0.2, 0) is 11.2 Å². The number of amides is 1. The zero-order valence-electron chi connectivity index (χ0n) is 15.3. The van der Waals surface area contributed by atoms with Gasteiger partial charge in [-0.05, 0) is 31.6 Å². The van der Waals surface area contributed by atoms with E-state index < -0.39 is 0 Å². The third-order valence-corrected chi connectivity index (χ3v) is 3.52. The van der Waals surface area contributed by atoms with Gasteiger partial charge in [0.2, 0.25) is 0 Å². The summed E-state index contributed by atoms with van der Waals surface area (Å²) in [5, 5.41) is 8.27. The lowest BCUT2D eigenvalue weighted by molar-refractivity contribution is -0.126. The molecule has 24 heavy (non-hydrogen) atoms. The van der Waals surface area contributed by atoms with Crippen molar-refractivity contribution >= 4 is 17.7 Å². The molecule has 1 aromatic rings. The number of allylic oxidation sites excluding steroid dienone is 5. The Morgan fingerprint density at radius 2 is 1.83 bits per heavy atom. The van der Waals surface area contributed by atoms with Crippen LogP contribution in [0.3, 0.4) is 0 Å². The van der Waals surface area contributed by atoms with Crippen molar-refractivity contribution in [1.82, 2.24) is 5.48 Å². The fourth-order valence-corrected chi connectivity index (χ4v) is 2.17. The maximum absolute atomic E-state index is 10.7. The first-order valence-corrected chi connectivity index (χ1v) is 9.26. The Kier molecular flexibility index (Phi) is 19.6. The first-order valence-electron chi connectivity index (χ1n) is 8.10.